The molecule has 148 valence electrons. The summed E-state index contributed by atoms with van der Waals surface area (Å²) in [5, 5.41) is 6.40. The van der Waals surface area contributed by atoms with Crippen molar-refractivity contribution in [3.63, 3.8) is 0 Å². The van der Waals surface area contributed by atoms with E-state index in [1.165, 1.54) is 4.90 Å². The van der Waals surface area contributed by atoms with E-state index < -0.39 is 12.7 Å². The Morgan fingerprint density at radius 2 is 2.15 bits per heavy atom. The predicted molar refractivity (Wildman–Crippen MR) is 108 cm³/mol. The Morgan fingerprint density at radius 1 is 1.38 bits per heavy atom. The normalized spacial score (nSPS) is 18.3. The third-order valence-corrected chi connectivity index (χ3v) is 4.08. The molecular formula is C17H26F3IN4O. The van der Waals surface area contributed by atoms with Gasteiger partial charge in [0, 0.05) is 32.7 Å². The Kier molecular flexibility index (Phi) is 9.48. The number of benzene rings is 1. The van der Waals surface area contributed by atoms with Crippen molar-refractivity contribution >= 4 is 29.9 Å². The Labute approximate surface area is 169 Å². The minimum Gasteiger partial charge on any atom is -0.497 e. The number of hydrogen-bond donors (Lipinski definition) is 2. The summed E-state index contributed by atoms with van der Waals surface area (Å²) in [4.78, 5) is 5.56. The highest BCUT2D eigenvalue weighted by Crippen LogP contribution is 2.19. The molecule has 9 heteroatoms. The number of nitrogens with one attached hydrogen (secondary N) is 2. The molecule has 2 N–H and O–H groups in total. The van der Waals surface area contributed by atoms with Crippen molar-refractivity contribution in [1.29, 1.82) is 0 Å². The second-order valence-corrected chi connectivity index (χ2v) is 6.08. The topological polar surface area (TPSA) is 48.9 Å². The van der Waals surface area contributed by atoms with Crippen LogP contribution in [0.4, 0.5) is 13.2 Å². The van der Waals surface area contributed by atoms with Gasteiger partial charge in [0.1, 0.15) is 5.75 Å². The molecule has 1 saturated heterocycles. The van der Waals surface area contributed by atoms with E-state index in [2.05, 4.69) is 15.6 Å². The van der Waals surface area contributed by atoms with Gasteiger partial charge in [-0.25, -0.2) is 0 Å². The summed E-state index contributed by atoms with van der Waals surface area (Å²) < 4.78 is 42.5. The summed E-state index contributed by atoms with van der Waals surface area (Å²) >= 11 is 0. The van der Waals surface area contributed by atoms with Crippen LogP contribution in [-0.2, 0) is 6.42 Å². The van der Waals surface area contributed by atoms with Gasteiger partial charge in [0.05, 0.1) is 13.7 Å². The molecule has 1 aliphatic rings. The molecule has 1 fully saturated rings. The fraction of sp³-hybridized carbons (Fsp3) is 0.588. The minimum atomic E-state index is -4.15. The monoisotopic (exact) mass is 486 g/mol. The van der Waals surface area contributed by atoms with E-state index in [-0.39, 0.29) is 30.0 Å². The zero-order valence-electron chi connectivity index (χ0n) is 15.0. The summed E-state index contributed by atoms with van der Waals surface area (Å²) in [6.45, 7) is 0.632. The Balaban J connectivity index is 0.00000338. The molecule has 1 aliphatic heterocycles. The van der Waals surface area contributed by atoms with Gasteiger partial charge in [-0.05, 0) is 30.5 Å². The number of rotatable bonds is 6. The van der Waals surface area contributed by atoms with Gasteiger partial charge in [-0.3, -0.25) is 9.89 Å². The highest BCUT2D eigenvalue weighted by atomic mass is 127. The van der Waals surface area contributed by atoms with Crippen LogP contribution in [0.25, 0.3) is 0 Å². The second kappa shape index (κ2) is 10.8. The maximum atomic E-state index is 12.4. The number of likely N-dealkylation sites (tertiary alicyclic amines) is 1. The van der Waals surface area contributed by atoms with Crippen molar-refractivity contribution in [3.8, 4) is 5.75 Å². The summed E-state index contributed by atoms with van der Waals surface area (Å²) in [6, 6.07) is 7.81. The minimum absolute atomic E-state index is 0. The fourth-order valence-electron chi connectivity index (χ4n) is 2.89. The van der Waals surface area contributed by atoms with Crippen LogP contribution in [0.3, 0.4) is 0 Å². The van der Waals surface area contributed by atoms with Crippen molar-refractivity contribution in [2.75, 3.05) is 40.3 Å². The molecule has 0 radical (unpaired) electrons. The Morgan fingerprint density at radius 3 is 2.81 bits per heavy atom. The SMILES string of the molecule is CN=C(NCCc1cccc(OC)c1)NC1CCN(CC(F)(F)F)C1.I. The molecule has 1 heterocycles. The van der Waals surface area contributed by atoms with Crippen LogP contribution in [0, 0.1) is 0 Å². The van der Waals surface area contributed by atoms with Crippen LogP contribution in [0.15, 0.2) is 29.3 Å². The van der Waals surface area contributed by atoms with Gasteiger partial charge < -0.3 is 15.4 Å². The van der Waals surface area contributed by atoms with Crippen molar-refractivity contribution in [2.45, 2.75) is 25.1 Å². The molecule has 0 aliphatic carbocycles. The first kappa shape index (κ1) is 22.8. The van der Waals surface area contributed by atoms with Crippen LogP contribution >= 0.6 is 24.0 Å². The molecule has 0 bridgehead atoms. The number of halogens is 4. The van der Waals surface area contributed by atoms with E-state index >= 15 is 0 Å². The molecule has 0 saturated carbocycles. The molecule has 5 nitrogen and oxygen atoms in total. The first-order valence-corrected chi connectivity index (χ1v) is 8.29. The average molecular weight is 486 g/mol. The summed E-state index contributed by atoms with van der Waals surface area (Å²) in [5.41, 5.74) is 1.14. The van der Waals surface area contributed by atoms with Crippen molar-refractivity contribution in [3.05, 3.63) is 29.8 Å². The van der Waals surface area contributed by atoms with Gasteiger partial charge in [-0.2, -0.15) is 13.2 Å². The number of alkyl halides is 3. The van der Waals surface area contributed by atoms with E-state index in [1.54, 1.807) is 14.2 Å². The summed E-state index contributed by atoms with van der Waals surface area (Å²) in [5.74, 6) is 1.43. The maximum absolute atomic E-state index is 12.4. The van der Waals surface area contributed by atoms with Crippen LogP contribution in [0.5, 0.6) is 5.75 Å². The van der Waals surface area contributed by atoms with E-state index in [4.69, 9.17) is 4.74 Å². The molecular weight excluding hydrogens is 460 g/mol. The molecule has 1 atom stereocenters. The molecule has 0 aromatic heterocycles. The molecule has 0 spiro atoms. The van der Waals surface area contributed by atoms with Crippen molar-refractivity contribution in [1.82, 2.24) is 15.5 Å². The highest BCUT2D eigenvalue weighted by molar-refractivity contribution is 14.0. The standard InChI is InChI=1S/C17H25F3N4O.HI/c1-21-16(22-8-6-13-4-3-5-15(10-13)25-2)23-14-7-9-24(11-14)12-17(18,19)20;/h3-5,10,14H,6-9,11-12H2,1-2H3,(H2,21,22,23);1H. The third kappa shape index (κ3) is 7.98. The molecule has 1 unspecified atom stereocenters. The van der Waals surface area contributed by atoms with E-state index in [9.17, 15) is 13.2 Å². The zero-order chi connectivity index (χ0) is 18.3. The number of aliphatic imine (C=N–C) groups is 1. The zero-order valence-corrected chi connectivity index (χ0v) is 17.3. The van der Waals surface area contributed by atoms with Gasteiger partial charge >= 0.3 is 6.18 Å². The Bertz CT molecular complexity index is 583. The first-order chi connectivity index (χ1) is 11.9. The van der Waals surface area contributed by atoms with Gasteiger partial charge in [-0.15, -0.1) is 24.0 Å². The number of ether oxygens (including phenoxy) is 1. The van der Waals surface area contributed by atoms with Gasteiger partial charge in [0.25, 0.3) is 0 Å². The van der Waals surface area contributed by atoms with E-state index in [1.807, 2.05) is 24.3 Å². The molecule has 1 aromatic rings. The van der Waals surface area contributed by atoms with E-state index in [0.29, 0.717) is 32.0 Å². The smallest absolute Gasteiger partial charge is 0.401 e. The Hall–Kier alpha value is -1.23. The second-order valence-electron chi connectivity index (χ2n) is 6.08. The number of nitrogens with zero attached hydrogens (tertiary/aromatic N) is 2. The number of hydrogen-bond acceptors (Lipinski definition) is 3. The maximum Gasteiger partial charge on any atom is 0.401 e. The molecule has 0 amide bonds. The van der Waals surface area contributed by atoms with Crippen molar-refractivity contribution < 1.29 is 17.9 Å². The lowest BCUT2D eigenvalue weighted by Gasteiger charge is -2.19. The molecule has 26 heavy (non-hydrogen) atoms. The quantitative estimate of drug-likeness (QED) is 0.369. The van der Waals surface area contributed by atoms with E-state index in [0.717, 1.165) is 17.7 Å². The lowest BCUT2D eigenvalue weighted by Crippen LogP contribution is -2.45. The number of guanidine groups is 1. The highest BCUT2D eigenvalue weighted by Gasteiger charge is 2.34. The first-order valence-electron chi connectivity index (χ1n) is 8.29. The third-order valence-electron chi connectivity index (χ3n) is 4.08. The van der Waals surface area contributed by atoms with Crippen LogP contribution in [0.1, 0.15) is 12.0 Å². The molecule has 2 rings (SSSR count). The van der Waals surface area contributed by atoms with Crippen LogP contribution in [-0.4, -0.2) is 63.4 Å². The van der Waals surface area contributed by atoms with Crippen LogP contribution < -0.4 is 15.4 Å². The lowest BCUT2D eigenvalue weighted by molar-refractivity contribution is -0.143. The van der Waals surface area contributed by atoms with Crippen molar-refractivity contribution in [2.24, 2.45) is 4.99 Å². The van der Waals surface area contributed by atoms with Gasteiger partial charge in [-0.1, -0.05) is 12.1 Å². The average Bonchev–Trinajstić information content (AvgIpc) is 2.99. The summed E-state index contributed by atoms with van der Waals surface area (Å²) in [7, 11) is 3.29. The lowest BCUT2D eigenvalue weighted by atomic mass is 10.1. The van der Waals surface area contributed by atoms with Crippen LogP contribution in [0.2, 0.25) is 0 Å². The predicted octanol–water partition coefficient (Wildman–Crippen LogP) is 2.66. The molecule has 1 aromatic carbocycles. The number of methoxy groups -OCH3 is 1. The largest absolute Gasteiger partial charge is 0.497 e. The fourth-order valence-corrected chi connectivity index (χ4v) is 2.89. The van der Waals surface area contributed by atoms with Gasteiger partial charge in [0.15, 0.2) is 5.96 Å². The summed E-state index contributed by atoms with van der Waals surface area (Å²) in [6.07, 6.45) is -2.68. The van der Waals surface area contributed by atoms with Gasteiger partial charge in [0.2, 0.25) is 0 Å².